The first-order valence-electron chi connectivity index (χ1n) is 9.16. The molecule has 0 spiro atoms. The summed E-state index contributed by atoms with van der Waals surface area (Å²) in [6, 6.07) is 13.3. The average molecular weight is 403 g/mol. The van der Waals surface area contributed by atoms with Crippen LogP contribution in [0.3, 0.4) is 0 Å². The van der Waals surface area contributed by atoms with Crippen molar-refractivity contribution in [3.63, 3.8) is 0 Å². The lowest BCUT2D eigenvalue weighted by molar-refractivity contribution is -0.384. The van der Waals surface area contributed by atoms with Crippen molar-refractivity contribution in [2.24, 2.45) is 0 Å². The highest BCUT2D eigenvalue weighted by Gasteiger charge is 2.18. The number of aryl methyl sites for hydroxylation is 1. The quantitative estimate of drug-likeness (QED) is 0.287. The first kappa shape index (κ1) is 19.2. The van der Waals surface area contributed by atoms with E-state index in [1.807, 2.05) is 24.3 Å². The number of nitrogens with zero attached hydrogens (tertiary/aromatic N) is 5. The van der Waals surface area contributed by atoms with Crippen LogP contribution in [0.1, 0.15) is 28.5 Å². The number of rotatable bonds is 5. The van der Waals surface area contributed by atoms with Gasteiger partial charge in [-0.15, -0.1) is 5.10 Å². The van der Waals surface area contributed by atoms with Crippen LogP contribution in [0.25, 0.3) is 16.6 Å². The third-order valence-electron chi connectivity index (χ3n) is 4.97. The standard InChI is InChI=1S/C21H17N5O4/c1-13-18-5-3-4-6-19(18)24(21(28)20(13)14(2)27)11-15-12-25(23-22-15)16-7-9-17(10-8-16)26(29)30/h3-10,12H,11H2,1-2H3. The highest BCUT2D eigenvalue weighted by atomic mass is 16.6. The summed E-state index contributed by atoms with van der Waals surface area (Å²) < 4.78 is 3.00. The van der Waals surface area contributed by atoms with E-state index in [1.165, 1.54) is 28.3 Å². The lowest BCUT2D eigenvalue weighted by atomic mass is 10.0. The Labute approximate surface area is 170 Å². The molecule has 0 amide bonds. The molecule has 0 bridgehead atoms. The fourth-order valence-corrected chi connectivity index (χ4v) is 3.52. The van der Waals surface area contributed by atoms with E-state index in [4.69, 9.17) is 0 Å². The van der Waals surface area contributed by atoms with Crippen molar-refractivity contribution >= 4 is 22.4 Å². The fraction of sp³-hybridized carbons (Fsp3) is 0.143. The number of carbonyl (C=O) groups is 1. The Bertz CT molecular complexity index is 1350. The van der Waals surface area contributed by atoms with Gasteiger partial charge in [-0.25, -0.2) is 4.68 Å². The van der Waals surface area contributed by atoms with Gasteiger partial charge in [0.15, 0.2) is 5.78 Å². The summed E-state index contributed by atoms with van der Waals surface area (Å²) in [5, 5.41) is 19.8. The average Bonchev–Trinajstić information content (AvgIpc) is 3.20. The van der Waals surface area contributed by atoms with Crippen LogP contribution < -0.4 is 5.56 Å². The summed E-state index contributed by atoms with van der Waals surface area (Å²) in [4.78, 5) is 35.5. The van der Waals surface area contributed by atoms with Crippen LogP contribution in [0.5, 0.6) is 0 Å². The van der Waals surface area contributed by atoms with Gasteiger partial charge in [-0.3, -0.25) is 19.7 Å². The Morgan fingerprint density at radius 1 is 1.13 bits per heavy atom. The Morgan fingerprint density at radius 3 is 2.50 bits per heavy atom. The molecule has 0 saturated carbocycles. The summed E-state index contributed by atoms with van der Waals surface area (Å²) in [7, 11) is 0. The molecule has 2 aromatic carbocycles. The minimum absolute atomic E-state index is 0.0199. The van der Waals surface area contributed by atoms with Crippen molar-refractivity contribution in [1.29, 1.82) is 0 Å². The molecule has 2 heterocycles. The van der Waals surface area contributed by atoms with Crippen molar-refractivity contribution < 1.29 is 9.72 Å². The lowest BCUT2D eigenvalue weighted by Crippen LogP contribution is -2.28. The van der Waals surface area contributed by atoms with Gasteiger partial charge >= 0.3 is 0 Å². The third-order valence-corrected chi connectivity index (χ3v) is 4.97. The van der Waals surface area contributed by atoms with E-state index in [0.29, 0.717) is 22.5 Å². The second-order valence-electron chi connectivity index (χ2n) is 6.89. The molecule has 4 aromatic rings. The minimum Gasteiger partial charge on any atom is -0.301 e. The largest absolute Gasteiger partial charge is 0.301 e. The molecule has 9 nitrogen and oxygen atoms in total. The topological polar surface area (TPSA) is 113 Å². The van der Waals surface area contributed by atoms with E-state index in [9.17, 15) is 19.7 Å². The van der Waals surface area contributed by atoms with E-state index in [1.54, 1.807) is 25.3 Å². The first-order valence-corrected chi connectivity index (χ1v) is 9.16. The van der Waals surface area contributed by atoms with Gasteiger partial charge in [0.05, 0.1) is 34.4 Å². The molecule has 0 aliphatic rings. The number of aromatic nitrogens is 4. The van der Waals surface area contributed by atoms with E-state index >= 15 is 0 Å². The number of hydrogen-bond donors (Lipinski definition) is 0. The maximum absolute atomic E-state index is 13.1. The van der Waals surface area contributed by atoms with Crippen molar-refractivity contribution in [3.05, 3.63) is 92.0 Å². The SMILES string of the molecule is CC(=O)c1c(C)c2ccccc2n(Cc2cn(-c3ccc([N+](=O)[O-])cc3)nn2)c1=O. The number of para-hydroxylation sites is 1. The van der Waals surface area contributed by atoms with Gasteiger partial charge < -0.3 is 4.57 Å². The Morgan fingerprint density at radius 2 is 1.83 bits per heavy atom. The van der Waals surface area contributed by atoms with Crippen molar-refractivity contribution in [2.45, 2.75) is 20.4 Å². The summed E-state index contributed by atoms with van der Waals surface area (Å²) in [6.07, 6.45) is 1.65. The number of nitro benzene ring substituents is 1. The van der Waals surface area contributed by atoms with Gasteiger partial charge in [0.1, 0.15) is 5.69 Å². The van der Waals surface area contributed by atoms with Gasteiger partial charge in [-0.2, -0.15) is 0 Å². The molecule has 0 radical (unpaired) electrons. The van der Waals surface area contributed by atoms with Gasteiger partial charge in [-0.1, -0.05) is 23.4 Å². The van der Waals surface area contributed by atoms with E-state index in [2.05, 4.69) is 10.3 Å². The predicted octanol–water partition coefficient (Wildman–Crippen LogP) is 3.05. The second-order valence-corrected chi connectivity index (χ2v) is 6.89. The molecule has 0 saturated heterocycles. The normalized spacial score (nSPS) is 11.0. The molecule has 0 aliphatic carbocycles. The predicted molar refractivity (Wildman–Crippen MR) is 110 cm³/mol. The number of Topliss-reactive ketones (excluding diaryl/α,β-unsaturated/α-hetero) is 1. The maximum Gasteiger partial charge on any atom is 0.269 e. The summed E-state index contributed by atoms with van der Waals surface area (Å²) >= 11 is 0. The number of nitro groups is 1. The highest BCUT2D eigenvalue weighted by Crippen LogP contribution is 2.21. The monoisotopic (exact) mass is 403 g/mol. The fourth-order valence-electron chi connectivity index (χ4n) is 3.52. The van der Waals surface area contributed by atoms with Crippen LogP contribution in [-0.2, 0) is 6.54 Å². The summed E-state index contributed by atoms with van der Waals surface area (Å²) in [5.74, 6) is -0.286. The minimum atomic E-state index is -0.474. The van der Waals surface area contributed by atoms with E-state index in [-0.39, 0.29) is 29.1 Å². The van der Waals surface area contributed by atoms with Crippen molar-refractivity contribution in [1.82, 2.24) is 19.6 Å². The van der Waals surface area contributed by atoms with Crippen LogP contribution in [0.15, 0.2) is 59.5 Å². The Kier molecular flexibility index (Phi) is 4.71. The Hall–Kier alpha value is -4.14. The van der Waals surface area contributed by atoms with Crippen molar-refractivity contribution in [2.75, 3.05) is 0 Å². The number of ketones is 1. The molecule has 2 aromatic heterocycles. The van der Waals surface area contributed by atoms with Gasteiger partial charge in [0.2, 0.25) is 0 Å². The molecular formula is C21H17N5O4. The molecule has 9 heteroatoms. The zero-order chi connectivity index (χ0) is 21.4. The second kappa shape index (κ2) is 7.36. The van der Waals surface area contributed by atoms with Crippen LogP contribution >= 0.6 is 0 Å². The first-order chi connectivity index (χ1) is 14.4. The number of fused-ring (bicyclic) bond motifs is 1. The van der Waals surface area contributed by atoms with Crippen LogP contribution in [0.4, 0.5) is 5.69 Å². The van der Waals surface area contributed by atoms with Crippen LogP contribution in [0.2, 0.25) is 0 Å². The van der Waals surface area contributed by atoms with E-state index in [0.717, 1.165) is 5.39 Å². The Balaban J connectivity index is 1.76. The number of pyridine rings is 1. The van der Waals surface area contributed by atoms with Crippen LogP contribution in [-0.4, -0.2) is 30.3 Å². The number of carbonyl (C=O) groups excluding carboxylic acids is 1. The molecule has 0 fully saturated rings. The zero-order valence-corrected chi connectivity index (χ0v) is 16.3. The molecule has 0 N–H and O–H groups in total. The van der Waals surface area contributed by atoms with Gasteiger partial charge in [-0.05, 0) is 37.6 Å². The van der Waals surface area contributed by atoms with E-state index < -0.39 is 4.92 Å². The molecule has 0 unspecified atom stereocenters. The number of hydrogen-bond acceptors (Lipinski definition) is 6. The molecule has 150 valence electrons. The summed E-state index contributed by atoms with van der Waals surface area (Å²) in [6.45, 7) is 3.29. The van der Waals surface area contributed by atoms with Gasteiger partial charge in [0, 0.05) is 17.5 Å². The smallest absolute Gasteiger partial charge is 0.269 e. The lowest BCUT2D eigenvalue weighted by Gasteiger charge is -2.13. The summed E-state index contributed by atoms with van der Waals surface area (Å²) in [5.41, 5.74) is 2.25. The van der Waals surface area contributed by atoms with Crippen LogP contribution in [0, 0.1) is 17.0 Å². The van der Waals surface area contributed by atoms with Gasteiger partial charge in [0.25, 0.3) is 11.2 Å². The number of benzene rings is 2. The molecule has 4 rings (SSSR count). The molecule has 30 heavy (non-hydrogen) atoms. The molecule has 0 atom stereocenters. The zero-order valence-electron chi connectivity index (χ0n) is 16.3. The number of non-ortho nitro benzene ring substituents is 1. The maximum atomic E-state index is 13.1. The third kappa shape index (κ3) is 3.26. The van der Waals surface area contributed by atoms with Crippen molar-refractivity contribution in [3.8, 4) is 5.69 Å². The molecule has 0 aliphatic heterocycles. The molecular weight excluding hydrogens is 386 g/mol. The highest BCUT2D eigenvalue weighted by molar-refractivity contribution is 6.00.